The minimum atomic E-state index is 0.00709. The van der Waals surface area contributed by atoms with E-state index >= 15 is 0 Å². The van der Waals surface area contributed by atoms with E-state index in [0.717, 1.165) is 23.4 Å². The highest BCUT2D eigenvalue weighted by atomic mass is 16.1. The van der Waals surface area contributed by atoms with Gasteiger partial charge in [0.25, 0.3) is 5.56 Å². The number of hydrogen-bond acceptors (Lipinski definition) is 2. The van der Waals surface area contributed by atoms with Crippen LogP contribution in [0.3, 0.4) is 0 Å². The van der Waals surface area contributed by atoms with Gasteiger partial charge < -0.3 is 9.97 Å². The van der Waals surface area contributed by atoms with Crippen LogP contribution in [0.15, 0.2) is 17.1 Å². The number of H-pyrrole nitrogens is 2. The Bertz CT molecular complexity index is 710. The quantitative estimate of drug-likeness (QED) is 0.911. The summed E-state index contributed by atoms with van der Waals surface area (Å²) in [7, 11) is 0. The fraction of sp³-hybridized carbons (Fsp3) is 0.588. The van der Waals surface area contributed by atoms with Crippen LogP contribution >= 0.6 is 0 Å². The number of piperidine rings is 1. The summed E-state index contributed by atoms with van der Waals surface area (Å²) in [5.74, 6) is 1.44. The van der Waals surface area contributed by atoms with Gasteiger partial charge in [-0.05, 0) is 55.7 Å². The minimum Gasteiger partial charge on any atom is -0.353 e. The van der Waals surface area contributed by atoms with Gasteiger partial charge in [-0.15, -0.1) is 0 Å². The van der Waals surface area contributed by atoms with Crippen molar-refractivity contribution in [2.75, 3.05) is 13.1 Å². The summed E-state index contributed by atoms with van der Waals surface area (Å²) in [5.41, 5.74) is 3.27. The fourth-order valence-electron chi connectivity index (χ4n) is 3.70. The lowest BCUT2D eigenvalue weighted by Crippen LogP contribution is -2.33. The van der Waals surface area contributed by atoms with Crippen molar-refractivity contribution in [3.05, 3.63) is 33.9 Å². The van der Waals surface area contributed by atoms with E-state index < -0.39 is 0 Å². The molecule has 0 amide bonds. The van der Waals surface area contributed by atoms with Gasteiger partial charge in [-0.1, -0.05) is 6.92 Å². The van der Waals surface area contributed by atoms with Crippen molar-refractivity contribution in [2.24, 2.45) is 5.92 Å². The smallest absolute Gasteiger partial charge is 0.272 e. The van der Waals surface area contributed by atoms with Crippen molar-refractivity contribution in [3.63, 3.8) is 0 Å². The molecular formula is C17H23N3O. The summed E-state index contributed by atoms with van der Waals surface area (Å²) in [6.07, 6.45) is 7.06. The van der Waals surface area contributed by atoms with E-state index in [4.69, 9.17) is 0 Å². The van der Waals surface area contributed by atoms with Crippen LogP contribution in [0.4, 0.5) is 0 Å². The molecule has 3 heterocycles. The van der Waals surface area contributed by atoms with Crippen LogP contribution in [0.1, 0.15) is 49.8 Å². The number of nitrogens with one attached hydrogen (secondary N) is 2. The van der Waals surface area contributed by atoms with Crippen LogP contribution in [0, 0.1) is 5.92 Å². The van der Waals surface area contributed by atoms with Crippen molar-refractivity contribution in [3.8, 4) is 0 Å². The van der Waals surface area contributed by atoms with Gasteiger partial charge >= 0.3 is 0 Å². The average molecular weight is 285 g/mol. The summed E-state index contributed by atoms with van der Waals surface area (Å²) in [6.45, 7) is 5.60. The SMILES string of the molecule is C[C@H]1CCCN(Cc2cc3c(C4CC4)c[nH]c(=O)c3[nH]2)C1. The molecule has 2 aromatic heterocycles. The van der Waals surface area contributed by atoms with Gasteiger partial charge in [-0.2, -0.15) is 0 Å². The lowest BCUT2D eigenvalue weighted by atomic mass is 10.0. The maximum Gasteiger partial charge on any atom is 0.272 e. The second kappa shape index (κ2) is 5.02. The molecule has 0 spiro atoms. The fourth-order valence-corrected chi connectivity index (χ4v) is 3.70. The zero-order valence-corrected chi connectivity index (χ0v) is 12.6. The Kier molecular flexibility index (Phi) is 3.14. The third-order valence-electron chi connectivity index (χ3n) is 4.92. The third kappa shape index (κ3) is 2.53. The Morgan fingerprint density at radius 2 is 2.19 bits per heavy atom. The first-order valence-electron chi connectivity index (χ1n) is 8.16. The standard InChI is InChI=1S/C17H23N3O/c1-11-3-2-6-20(9-11)10-13-7-14-15(12-4-5-12)8-18-17(21)16(14)19-13/h7-8,11-12,19H,2-6,9-10H2,1H3,(H,18,21)/t11-/m0/s1. The summed E-state index contributed by atoms with van der Waals surface area (Å²) in [6, 6.07) is 2.21. The molecule has 2 aliphatic rings. The zero-order chi connectivity index (χ0) is 14.4. The van der Waals surface area contributed by atoms with E-state index in [2.05, 4.69) is 27.9 Å². The number of pyridine rings is 1. The molecule has 2 fully saturated rings. The normalized spacial score (nSPS) is 23.8. The third-order valence-corrected chi connectivity index (χ3v) is 4.92. The van der Waals surface area contributed by atoms with Crippen LogP contribution in [0.25, 0.3) is 10.9 Å². The van der Waals surface area contributed by atoms with Gasteiger partial charge in [0.2, 0.25) is 0 Å². The Morgan fingerprint density at radius 3 is 2.95 bits per heavy atom. The monoisotopic (exact) mass is 285 g/mol. The van der Waals surface area contributed by atoms with Gasteiger partial charge in [-0.25, -0.2) is 0 Å². The topological polar surface area (TPSA) is 51.9 Å². The van der Waals surface area contributed by atoms with Gasteiger partial charge in [0, 0.05) is 30.4 Å². The Morgan fingerprint density at radius 1 is 1.33 bits per heavy atom. The molecule has 0 aromatic carbocycles. The number of rotatable bonds is 3. The summed E-state index contributed by atoms with van der Waals surface area (Å²) < 4.78 is 0. The second-order valence-electron chi connectivity index (χ2n) is 6.91. The van der Waals surface area contributed by atoms with E-state index in [0.29, 0.717) is 5.92 Å². The number of aromatic nitrogens is 2. The van der Waals surface area contributed by atoms with Crippen LogP contribution in [-0.4, -0.2) is 28.0 Å². The molecule has 21 heavy (non-hydrogen) atoms. The summed E-state index contributed by atoms with van der Waals surface area (Å²) >= 11 is 0. The first-order chi connectivity index (χ1) is 10.2. The molecule has 2 aromatic rings. The molecule has 1 aliphatic carbocycles. The van der Waals surface area contributed by atoms with Crippen molar-refractivity contribution in [1.29, 1.82) is 0 Å². The predicted molar refractivity (Wildman–Crippen MR) is 84.6 cm³/mol. The van der Waals surface area contributed by atoms with Crippen LogP contribution in [0.2, 0.25) is 0 Å². The maximum absolute atomic E-state index is 12.0. The molecule has 4 nitrogen and oxygen atoms in total. The summed E-state index contributed by atoms with van der Waals surface area (Å²) in [5, 5.41) is 1.14. The molecule has 1 saturated heterocycles. The molecule has 0 bridgehead atoms. The first kappa shape index (κ1) is 13.1. The molecule has 2 N–H and O–H groups in total. The van der Waals surface area contributed by atoms with Crippen LogP contribution in [-0.2, 0) is 6.54 Å². The molecular weight excluding hydrogens is 262 g/mol. The van der Waals surface area contributed by atoms with Crippen molar-refractivity contribution in [1.82, 2.24) is 14.9 Å². The number of aromatic amines is 2. The first-order valence-corrected chi connectivity index (χ1v) is 8.16. The number of hydrogen-bond donors (Lipinski definition) is 2. The Balaban J connectivity index is 1.65. The molecule has 4 heteroatoms. The Labute approximate surface area is 124 Å². The lowest BCUT2D eigenvalue weighted by Gasteiger charge is -2.30. The van der Waals surface area contributed by atoms with Crippen LogP contribution in [0.5, 0.6) is 0 Å². The zero-order valence-electron chi connectivity index (χ0n) is 12.6. The minimum absolute atomic E-state index is 0.00709. The molecule has 0 radical (unpaired) electrons. The van der Waals surface area contributed by atoms with E-state index in [1.165, 1.54) is 50.0 Å². The number of nitrogens with zero attached hydrogens (tertiary/aromatic N) is 1. The highest BCUT2D eigenvalue weighted by Gasteiger charge is 2.27. The van der Waals surface area contributed by atoms with Crippen molar-refractivity contribution < 1.29 is 0 Å². The lowest BCUT2D eigenvalue weighted by molar-refractivity contribution is 0.175. The molecule has 1 aliphatic heterocycles. The molecule has 1 atom stereocenters. The maximum atomic E-state index is 12.0. The molecule has 0 unspecified atom stereocenters. The predicted octanol–water partition coefficient (Wildman–Crippen LogP) is 2.97. The van der Waals surface area contributed by atoms with E-state index in [9.17, 15) is 4.79 Å². The van der Waals surface area contributed by atoms with E-state index in [1.807, 2.05) is 6.20 Å². The van der Waals surface area contributed by atoms with Gasteiger partial charge in [0.1, 0.15) is 5.52 Å². The number of likely N-dealkylation sites (tertiary alicyclic amines) is 1. The number of fused-ring (bicyclic) bond motifs is 1. The Hall–Kier alpha value is -1.55. The average Bonchev–Trinajstić information content (AvgIpc) is 3.20. The van der Waals surface area contributed by atoms with Crippen molar-refractivity contribution in [2.45, 2.75) is 45.1 Å². The highest BCUT2D eigenvalue weighted by Crippen LogP contribution is 2.42. The van der Waals surface area contributed by atoms with E-state index in [1.54, 1.807) is 0 Å². The van der Waals surface area contributed by atoms with E-state index in [-0.39, 0.29) is 5.56 Å². The highest BCUT2D eigenvalue weighted by molar-refractivity contribution is 5.83. The second-order valence-corrected chi connectivity index (χ2v) is 6.91. The largest absolute Gasteiger partial charge is 0.353 e. The van der Waals surface area contributed by atoms with Crippen LogP contribution < -0.4 is 5.56 Å². The van der Waals surface area contributed by atoms with Gasteiger partial charge in [-0.3, -0.25) is 9.69 Å². The van der Waals surface area contributed by atoms with Gasteiger partial charge in [0.15, 0.2) is 0 Å². The molecule has 4 rings (SSSR count). The van der Waals surface area contributed by atoms with Crippen molar-refractivity contribution >= 4 is 10.9 Å². The summed E-state index contributed by atoms with van der Waals surface area (Å²) in [4.78, 5) is 20.8. The molecule has 1 saturated carbocycles. The van der Waals surface area contributed by atoms with Gasteiger partial charge in [0.05, 0.1) is 0 Å². The molecule has 112 valence electrons.